The zero-order valence-electron chi connectivity index (χ0n) is 9.55. The number of methoxy groups -OCH3 is 1. The third kappa shape index (κ3) is 2.75. The Morgan fingerprint density at radius 3 is 3.00 bits per heavy atom. The minimum absolute atomic E-state index is 0.0145. The quantitative estimate of drug-likeness (QED) is 0.814. The Bertz CT molecular complexity index is 399. The second-order valence-electron chi connectivity index (χ2n) is 3.90. The molecule has 0 saturated carbocycles. The summed E-state index contributed by atoms with van der Waals surface area (Å²) < 4.78 is 10.4. The average molecular weight is 237 g/mol. The van der Waals surface area contributed by atoms with Gasteiger partial charge in [-0.05, 0) is 17.7 Å². The fraction of sp³-hybridized carbons (Fsp3) is 0.417. The lowest BCUT2D eigenvalue weighted by Crippen LogP contribution is -2.44. The molecular formula is C12H15NO4. The number of morpholine rings is 1. The number of carboxylic acids is 1. The van der Waals surface area contributed by atoms with Crippen LogP contribution in [0.25, 0.3) is 0 Å². The maximum atomic E-state index is 10.7. The Balaban J connectivity index is 2.02. The van der Waals surface area contributed by atoms with Crippen molar-refractivity contribution in [3.63, 3.8) is 0 Å². The summed E-state index contributed by atoms with van der Waals surface area (Å²) in [5.41, 5.74) is 1.04. The van der Waals surface area contributed by atoms with Gasteiger partial charge in [-0.15, -0.1) is 0 Å². The molecule has 5 nitrogen and oxygen atoms in total. The highest BCUT2D eigenvalue weighted by atomic mass is 16.5. The van der Waals surface area contributed by atoms with Crippen LogP contribution in [0, 0.1) is 0 Å². The van der Waals surface area contributed by atoms with Crippen molar-refractivity contribution in [3.05, 3.63) is 29.8 Å². The molecule has 0 aliphatic carbocycles. The monoisotopic (exact) mass is 237 g/mol. The van der Waals surface area contributed by atoms with Crippen LogP contribution in [0.5, 0.6) is 5.75 Å². The lowest BCUT2D eigenvalue weighted by atomic mass is 10.1. The van der Waals surface area contributed by atoms with Crippen LogP contribution in [0.2, 0.25) is 0 Å². The van der Waals surface area contributed by atoms with E-state index in [0.29, 0.717) is 13.2 Å². The first-order chi connectivity index (χ1) is 8.20. The highest BCUT2D eigenvalue weighted by Crippen LogP contribution is 2.21. The van der Waals surface area contributed by atoms with Gasteiger partial charge in [0.15, 0.2) is 6.10 Å². The highest BCUT2D eigenvalue weighted by molar-refractivity contribution is 5.72. The van der Waals surface area contributed by atoms with Crippen molar-refractivity contribution in [1.29, 1.82) is 0 Å². The van der Waals surface area contributed by atoms with Crippen molar-refractivity contribution in [2.45, 2.75) is 12.1 Å². The van der Waals surface area contributed by atoms with Gasteiger partial charge in [0.1, 0.15) is 5.75 Å². The van der Waals surface area contributed by atoms with E-state index >= 15 is 0 Å². The van der Waals surface area contributed by atoms with Crippen molar-refractivity contribution >= 4 is 5.97 Å². The molecule has 2 N–H and O–H groups in total. The third-order valence-corrected chi connectivity index (χ3v) is 2.79. The van der Waals surface area contributed by atoms with Crippen LogP contribution in [-0.2, 0) is 9.53 Å². The SMILES string of the molecule is COc1cccc(C2COC(C(=O)O)CN2)c1. The number of hydrogen-bond donors (Lipinski definition) is 2. The molecule has 0 amide bonds. The van der Waals surface area contributed by atoms with Crippen LogP contribution < -0.4 is 10.1 Å². The minimum Gasteiger partial charge on any atom is -0.497 e. The standard InChI is InChI=1S/C12H15NO4/c1-16-9-4-2-3-8(5-9)10-7-17-11(6-13-10)12(14)15/h2-5,10-11,13H,6-7H2,1H3,(H,14,15). The molecule has 1 saturated heterocycles. The summed E-state index contributed by atoms with van der Waals surface area (Å²) in [6, 6.07) is 7.67. The largest absolute Gasteiger partial charge is 0.497 e. The number of carboxylic acid groups (broad SMARTS) is 1. The van der Waals surface area contributed by atoms with E-state index in [9.17, 15) is 4.79 Å². The first-order valence-corrected chi connectivity index (χ1v) is 5.42. The van der Waals surface area contributed by atoms with E-state index < -0.39 is 12.1 Å². The molecule has 1 aliphatic rings. The third-order valence-electron chi connectivity index (χ3n) is 2.79. The second kappa shape index (κ2) is 5.16. The van der Waals surface area contributed by atoms with Crippen molar-refractivity contribution in [1.82, 2.24) is 5.32 Å². The van der Waals surface area contributed by atoms with Crippen LogP contribution >= 0.6 is 0 Å². The molecule has 0 bridgehead atoms. The van der Waals surface area contributed by atoms with E-state index in [1.54, 1.807) is 7.11 Å². The Morgan fingerprint density at radius 2 is 2.41 bits per heavy atom. The van der Waals surface area contributed by atoms with Crippen LogP contribution in [0.1, 0.15) is 11.6 Å². The van der Waals surface area contributed by atoms with Crippen LogP contribution in [-0.4, -0.2) is 37.4 Å². The Hall–Kier alpha value is -1.59. The first kappa shape index (κ1) is 11.9. The molecule has 1 aromatic carbocycles. The van der Waals surface area contributed by atoms with Crippen molar-refractivity contribution in [2.24, 2.45) is 0 Å². The molecule has 2 rings (SSSR count). The fourth-order valence-corrected chi connectivity index (χ4v) is 1.81. The summed E-state index contributed by atoms with van der Waals surface area (Å²) in [6.07, 6.45) is -0.753. The normalized spacial score (nSPS) is 24.3. The van der Waals surface area contributed by atoms with Crippen molar-refractivity contribution in [2.75, 3.05) is 20.3 Å². The molecule has 5 heteroatoms. The average Bonchev–Trinajstić information content (AvgIpc) is 2.39. The molecule has 0 aromatic heterocycles. The van der Waals surface area contributed by atoms with Crippen LogP contribution in [0.3, 0.4) is 0 Å². The first-order valence-electron chi connectivity index (χ1n) is 5.42. The summed E-state index contributed by atoms with van der Waals surface area (Å²) >= 11 is 0. The van der Waals surface area contributed by atoms with Gasteiger partial charge in [0.05, 0.1) is 19.8 Å². The van der Waals surface area contributed by atoms with E-state index in [0.717, 1.165) is 11.3 Å². The highest BCUT2D eigenvalue weighted by Gasteiger charge is 2.26. The maximum absolute atomic E-state index is 10.7. The van der Waals surface area contributed by atoms with E-state index in [1.807, 2.05) is 24.3 Å². The number of rotatable bonds is 3. The summed E-state index contributed by atoms with van der Waals surface area (Å²) in [5.74, 6) is -0.147. The van der Waals surface area contributed by atoms with E-state index in [2.05, 4.69) is 5.32 Å². The molecule has 1 aromatic rings. The predicted octanol–water partition coefficient (Wildman–Crippen LogP) is 0.809. The zero-order valence-corrected chi connectivity index (χ0v) is 9.55. The van der Waals surface area contributed by atoms with E-state index in [1.165, 1.54) is 0 Å². The van der Waals surface area contributed by atoms with Crippen LogP contribution in [0.4, 0.5) is 0 Å². The Labute approximate surface area is 99.3 Å². The molecule has 0 spiro atoms. The van der Waals surface area contributed by atoms with Gasteiger partial charge < -0.3 is 19.9 Å². The summed E-state index contributed by atoms with van der Waals surface area (Å²) in [7, 11) is 1.62. The van der Waals surface area contributed by atoms with Gasteiger partial charge >= 0.3 is 5.97 Å². The molecule has 1 heterocycles. The molecule has 1 fully saturated rings. The van der Waals surface area contributed by atoms with Gasteiger partial charge in [-0.25, -0.2) is 4.79 Å². The number of hydrogen-bond acceptors (Lipinski definition) is 4. The van der Waals surface area contributed by atoms with Crippen molar-refractivity contribution in [3.8, 4) is 5.75 Å². The van der Waals surface area contributed by atoms with Gasteiger partial charge in [-0.1, -0.05) is 12.1 Å². The topological polar surface area (TPSA) is 67.8 Å². The van der Waals surface area contributed by atoms with Crippen LogP contribution in [0.15, 0.2) is 24.3 Å². The molecule has 17 heavy (non-hydrogen) atoms. The number of benzene rings is 1. The minimum atomic E-state index is -0.929. The Kier molecular flexibility index (Phi) is 3.61. The zero-order chi connectivity index (χ0) is 12.3. The molecule has 0 radical (unpaired) electrons. The van der Waals surface area contributed by atoms with Gasteiger partial charge in [-0.3, -0.25) is 0 Å². The van der Waals surface area contributed by atoms with Gasteiger partial charge in [0.2, 0.25) is 0 Å². The summed E-state index contributed by atoms with van der Waals surface area (Å²) in [4.78, 5) is 10.7. The maximum Gasteiger partial charge on any atom is 0.334 e. The fourth-order valence-electron chi connectivity index (χ4n) is 1.81. The van der Waals surface area contributed by atoms with Gasteiger partial charge in [-0.2, -0.15) is 0 Å². The number of ether oxygens (including phenoxy) is 2. The summed E-state index contributed by atoms with van der Waals surface area (Å²) in [5, 5.41) is 11.9. The van der Waals surface area contributed by atoms with E-state index in [-0.39, 0.29) is 6.04 Å². The number of nitrogens with one attached hydrogen (secondary N) is 1. The molecule has 2 unspecified atom stereocenters. The predicted molar refractivity (Wildman–Crippen MR) is 61.1 cm³/mol. The lowest BCUT2D eigenvalue weighted by molar-refractivity contribution is -0.153. The van der Waals surface area contributed by atoms with E-state index in [4.69, 9.17) is 14.6 Å². The lowest BCUT2D eigenvalue weighted by Gasteiger charge is -2.28. The Morgan fingerprint density at radius 1 is 1.59 bits per heavy atom. The van der Waals surface area contributed by atoms with Gasteiger partial charge in [0.25, 0.3) is 0 Å². The smallest absolute Gasteiger partial charge is 0.334 e. The number of aliphatic carboxylic acids is 1. The summed E-state index contributed by atoms with van der Waals surface area (Å²) in [6.45, 7) is 0.668. The molecule has 2 atom stereocenters. The molecule has 1 aliphatic heterocycles. The van der Waals surface area contributed by atoms with Gasteiger partial charge in [0, 0.05) is 6.54 Å². The number of carbonyl (C=O) groups is 1. The molecule has 92 valence electrons. The van der Waals surface area contributed by atoms with Crippen molar-refractivity contribution < 1.29 is 19.4 Å². The second-order valence-corrected chi connectivity index (χ2v) is 3.90. The molecular weight excluding hydrogens is 222 g/mol.